The minimum atomic E-state index is 0.0394. The first-order valence-electron chi connectivity index (χ1n) is 10.4. The minimum Gasteiger partial charge on any atom is -0.494 e. The van der Waals surface area contributed by atoms with Gasteiger partial charge in [-0.3, -0.25) is 0 Å². The lowest BCUT2D eigenvalue weighted by atomic mass is 9.99. The average molecular weight is 385 g/mol. The van der Waals surface area contributed by atoms with Crippen LogP contribution in [0.15, 0.2) is 53.3 Å². The Morgan fingerprint density at radius 1 is 1.00 bits per heavy atom. The van der Waals surface area contributed by atoms with Crippen LogP contribution in [0.3, 0.4) is 0 Å². The number of aromatic nitrogens is 2. The maximum absolute atomic E-state index is 13.7. The molecule has 5 rings (SSSR count). The fourth-order valence-corrected chi connectivity index (χ4v) is 4.57. The van der Waals surface area contributed by atoms with Crippen molar-refractivity contribution in [3.05, 3.63) is 64.4 Å². The van der Waals surface area contributed by atoms with Crippen LogP contribution in [-0.4, -0.2) is 11.0 Å². The van der Waals surface area contributed by atoms with Gasteiger partial charge in [-0.2, -0.15) is 4.40 Å². The number of unbranched alkanes of at least 4 members (excludes halogenated alkanes) is 1. The fraction of sp³-hybridized carbons (Fsp3) is 0.280. The lowest BCUT2D eigenvalue weighted by Crippen LogP contribution is -2.34. The molecular weight excluding hydrogens is 360 g/mol. The van der Waals surface area contributed by atoms with Gasteiger partial charge in [-0.15, -0.1) is 0 Å². The van der Waals surface area contributed by atoms with E-state index < -0.39 is 0 Å². The van der Waals surface area contributed by atoms with Crippen molar-refractivity contribution < 1.29 is 9.30 Å². The summed E-state index contributed by atoms with van der Waals surface area (Å²) < 4.78 is 9.94. The maximum Gasteiger partial charge on any atom is 0.347 e. The predicted molar refractivity (Wildman–Crippen MR) is 118 cm³/mol. The summed E-state index contributed by atoms with van der Waals surface area (Å²) in [6.07, 6.45) is 2.17. The smallest absolute Gasteiger partial charge is 0.347 e. The van der Waals surface area contributed by atoms with Crippen LogP contribution in [0.1, 0.15) is 32.3 Å². The minimum absolute atomic E-state index is 0.0394. The molecule has 0 aliphatic heterocycles. The molecule has 146 valence electrons. The van der Waals surface area contributed by atoms with E-state index in [2.05, 4.69) is 42.7 Å². The third-order valence-corrected chi connectivity index (χ3v) is 5.93. The van der Waals surface area contributed by atoms with Gasteiger partial charge >= 0.3 is 5.56 Å². The molecule has 0 bridgehead atoms. The van der Waals surface area contributed by atoms with Crippen LogP contribution in [-0.2, 0) is 6.54 Å². The zero-order valence-electron chi connectivity index (χ0n) is 17.2. The van der Waals surface area contributed by atoms with Crippen molar-refractivity contribution in [3.63, 3.8) is 0 Å². The second kappa shape index (κ2) is 6.73. The molecule has 0 spiro atoms. The van der Waals surface area contributed by atoms with E-state index in [-0.39, 0.29) is 5.56 Å². The van der Waals surface area contributed by atoms with Gasteiger partial charge in [-0.1, -0.05) is 31.5 Å². The van der Waals surface area contributed by atoms with Crippen LogP contribution in [0.2, 0.25) is 0 Å². The summed E-state index contributed by atoms with van der Waals surface area (Å²) in [6, 6.07) is 16.5. The third-order valence-electron chi connectivity index (χ3n) is 5.93. The molecule has 0 aliphatic rings. The summed E-state index contributed by atoms with van der Waals surface area (Å²) in [5, 5.41) is 4.13. The highest BCUT2D eigenvalue weighted by Gasteiger charge is 2.27. The number of pyridine rings is 1. The van der Waals surface area contributed by atoms with Crippen LogP contribution in [0.4, 0.5) is 0 Å². The Labute approximate surface area is 169 Å². The highest BCUT2D eigenvalue weighted by atomic mass is 16.5. The average Bonchev–Trinajstić information content (AvgIpc) is 3.05. The van der Waals surface area contributed by atoms with Gasteiger partial charge in [0.15, 0.2) is 11.0 Å². The molecule has 2 heterocycles. The Morgan fingerprint density at radius 3 is 2.62 bits per heavy atom. The van der Waals surface area contributed by atoms with Crippen molar-refractivity contribution in [1.29, 1.82) is 0 Å². The van der Waals surface area contributed by atoms with E-state index in [9.17, 15) is 4.79 Å². The predicted octanol–water partition coefficient (Wildman–Crippen LogP) is 4.99. The van der Waals surface area contributed by atoms with Gasteiger partial charge in [0.2, 0.25) is 0 Å². The standard InChI is InChI=1S/C25H25N2O2/c1-4-6-14-26-21-13-11-17(29-5-2)15-22(21)27-24(26)19-9-7-8-18-16(3)10-12-20(23(18)19)25(27)28/h7-13,15H,4-6,14H2,1-3H3/q+1. The second-order valence-electron chi connectivity index (χ2n) is 7.71. The fourth-order valence-electron chi connectivity index (χ4n) is 4.57. The molecule has 0 radical (unpaired) electrons. The van der Waals surface area contributed by atoms with Gasteiger partial charge in [0.1, 0.15) is 5.75 Å². The molecule has 5 aromatic rings. The van der Waals surface area contributed by atoms with E-state index in [4.69, 9.17) is 4.74 Å². The normalized spacial score (nSPS) is 12.0. The SMILES string of the molecule is CCCC[n+]1c2ccc(OCC)cc2n2c(=O)c3ccc(C)c4cccc(c43)c21. The number of hydrogen-bond acceptors (Lipinski definition) is 2. The number of benzene rings is 3. The molecule has 0 saturated carbocycles. The molecule has 0 fully saturated rings. The van der Waals surface area contributed by atoms with Gasteiger partial charge in [-0.05, 0) is 55.5 Å². The van der Waals surface area contributed by atoms with E-state index in [0.29, 0.717) is 6.61 Å². The summed E-state index contributed by atoms with van der Waals surface area (Å²) in [6.45, 7) is 7.77. The number of hydrogen-bond donors (Lipinski definition) is 0. The first-order chi connectivity index (χ1) is 14.2. The van der Waals surface area contributed by atoms with Gasteiger partial charge in [0.05, 0.1) is 23.9 Å². The monoisotopic (exact) mass is 385 g/mol. The van der Waals surface area contributed by atoms with Crippen LogP contribution >= 0.6 is 0 Å². The van der Waals surface area contributed by atoms with Crippen molar-refractivity contribution in [2.45, 2.75) is 40.2 Å². The number of fused-ring (bicyclic) bond motifs is 4. The topological polar surface area (TPSA) is 34.6 Å². The first kappa shape index (κ1) is 17.9. The van der Waals surface area contributed by atoms with E-state index in [1.807, 2.05) is 35.6 Å². The Kier molecular flexibility index (Phi) is 4.16. The zero-order chi connectivity index (χ0) is 20.1. The van der Waals surface area contributed by atoms with Gasteiger partial charge < -0.3 is 4.74 Å². The van der Waals surface area contributed by atoms with Gasteiger partial charge in [-0.25, -0.2) is 9.36 Å². The number of aryl methyl sites for hydroxylation is 2. The van der Waals surface area contributed by atoms with Crippen LogP contribution in [0.5, 0.6) is 5.75 Å². The molecular formula is C25H25N2O2+. The van der Waals surface area contributed by atoms with Gasteiger partial charge in [0, 0.05) is 11.5 Å². The molecule has 0 atom stereocenters. The molecule has 4 nitrogen and oxygen atoms in total. The Hall–Kier alpha value is -3.14. The molecule has 0 aliphatic carbocycles. The molecule has 4 heteroatoms. The summed E-state index contributed by atoms with van der Waals surface area (Å²) >= 11 is 0. The first-order valence-corrected chi connectivity index (χ1v) is 10.4. The summed E-state index contributed by atoms with van der Waals surface area (Å²) in [7, 11) is 0. The van der Waals surface area contributed by atoms with E-state index >= 15 is 0 Å². The maximum atomic E-state index is 13.7. The van der Waals surface area contributed by atoms with Crippen molar-refractivity contribution in [3.8, 4) is 5.75 Å². The molecule has 0 N–H and O–H groups in total. The Morgan fingerprint density at radius 2 is 1.83 bits per heavy atom. The molecule has 0 unspecified atom stereocenters. The highest BCUT2D eigenvalue weighted by molar-refractivity contribution is 6.15. The van der Waals surface area contributed by atoms with Crippen LogP contribution in [0, 0.1) is 6.92 Å². The summed E-state index contributed by atoms with van der Waals surface area (Å²) in [4.78, 5) is 13.7. The van der Waals surface area contributed by atoms with Crippen molar-refractivity contribution >= 4 is 38.2 Å². The second-order valence-corrected chi connectivity index (χ2v) is 7.71. The van der Waals surface area contributed by atoms with Crippen LogP contribution < -0.4 is 14.9 Å². The Balaban J connectivity index is 2.05. The van der Waals surface area contributed by atoms with Crippen LogP contribution in [0.25, 0.3) is 38.2 Å². The summed E-state index contributed by atoms with van der Waals surface area (Å²) in [5.41, 5.74) is 4.21. The third kappa shape index (κ3) is 2.52. The number of nitrogens with zero attached hydrogens (tertiary/aromatic N) is 2. The van der Waals surface area contributed by atoms with Crippen molar-refractivity contribution in [2.24, 2.45) is 0 Å². The van der Waals surface area contributed by atoms with E-state index in [1.165, 1.54) is 5.56 Å². The lowest BCUT2D eigenvalue weighted by molar-refractivity contribution is -0.645. The molecule has 29 heavy (non-hydrogen) atoms. The largest absolute Gasteiger partial charge is 0.494 e. The van der Waals surface area contributed by atoms with Crippen molar-refractivity contribution in [2.75, 3.05) is 6.61 Å². The number of imidazole rings is 1. The molecule has 0 saturated heterocycles. The lowest BCUT2D eigenvalue weighted by Gasteiger charge is -2.07. The quantitative estimate of drug-likeness (QED) is 0.399. The number of ether oxygens (including phenoxy) is 1. The Bertz CT molecular complexity index is 1430. The zero-order valence-corrected chi connectivity index (χ0v) is 17.2. The van der Waals surface area contributed by atoms with E-state index in [1.54, 1.807) is 0 Å². The molecule has 0 amide bonds. The molecule has 2 aromatic heterocycles. The molecule has 3 aromatic carbocycles. The van der Waals surface area contributed by atoms with E-state index in [0.717, 1.165) is 63.4 Å². The summed E-state index contributed by atoms with van der Waals surface area (Å²) in [5.74, 6) is 0.795. The number of rotatable bonds is 5. The van der Waals surface area contributed by atoms with Gasteiger partial charge in [0.25, 0.3) is 5.65 Å². The van der Waals surface area contributed by atoms with Crippen molar-refractivity contribution in [1.82, 2.24) is 4.40 Å². The highest BCUT2D eigenvalue weighted by Crippen LogP contribution is 2.31.